The number of nitrogens with one attached hydrogen (secondary N) is 1. The highest BCUT2D eigenvalue weighted by molar-refractivity contribution is 6.07. The van der Waals surface area contributed by atoms with Gasteiger partial charge in [-0.3, -0.25) is 9.78 Å². The quantitative estimate of drug-likeness (QED) is 0.639. The summed E-state index contributed by atoms with van der Waals surface area (Å²) in [5.74, 6) is 2.76. The van der Waals surface area contributed by atoms with E-state index in [0.717, 1.165) is 35.8 Å². The Labute approximate surface area is 193 Å². The van der Waals surface area contributed by atoms with Gasteiger partial charge in [-0.2, -0.15) is 0 Å². The van der Waals surface area contributed by atoms with E-state index in [0.29, 0.717) is 30.1 Å². The Kier molecular flexibility index (Phi) is 5.28. The molecule has 2 aliphatic heterocycles. The molecular weight excluding hydrogens is 418 g/mol. The van der Waals surface area contributed by atoms with E-state index in [1.54, 1.807) is 25.7 Å². The summed E-state index contributed by atoms with van der Waals surface area (Å²) in [7, 11) is 5.60. The van der Waals surface area contributed by atoms with Gasteiger partial charge in [-0.15, -0.1) is 0 Å². The first kappa shape index (κ1) is 21.1. The number of rotatable bonds is 5. The second kappa shape index (κ2) is 8.27. The molecule has 8 heteroatoms. The number of amides is 1. The maximum atomic E-state index is 13.2. The van der Waals surface area contributed by atoms with Crippen LogP contribution in [0.5, 0.6) is 17.2 Å². The number of nitrogens with zero attached hydrogens (tertiary/aromatic N) is 4. The Balaban J connectivity index is 1.43. The van der Waals surface area contributed by atoms with E-state index < -0.39 is 5.41 Å². The van der Waals surface area contributed by atoms with Gasteiger partial charge in [0.1, 0.15) is 11.6 Å². The monoisotopic (exact) mass is 445 g/mol. The number of anilines is 3. The third kappa shape index (κ3) is 3.71. The van der Waals surface area contributed by atoms with Crippen LogP contribution in [0.25, 0.3) is 0 Å². The van der Waals surface area contributed by atoms with Gasteiger partial charge in [0.15, 0.2) is 11.5 Å². The van der Waals surface area contributed by atoms with Gasteiger partial charge in [0.05, 0.1) is 18.7 Å². The fourth-order valence-electron chi connectivity index (χ4n) is 4.68. The molecule has 1 spiro atoms. The number of piperidine rings is 1. The van der Waals surface area contributed by atoms with Crippen LogP contribution in [0.2, 0.25) is 0 Å². The van der Waals surface area contributed by atoms with Crippen LogP contribution in [0, 0.1) is 0 Å². The summed E-state index contributed by atoms with van der Waals surface area (Å²) < 4.78 is 11.9. The van der Waals surface area contributed by atoms with Gasteiger partial charge in [0.25, 0.3) is 0 Å². The number of ether oxygens (including phenoxy) is 2. The Hall–Kier alpha value is -3.81. The number of hydrogen-bond acceptors (Lipinski definition) is 7. The van der Waals surface area contributed by atoms with Crippen molar-refractivity contribution in [1.29, 1.82) is 0 Å². The molecule has 0 radical (unpaired) electrons. The number of carbonyl (C=O) groups excluding carboxylic acids is 1. The van der Waals surface area contributed by atoms with Crippen molar-refractivity contribution in [2.24, 2.45) is 0 Å². The molecule has 1 saturated heterocycles. The van der Waals surface area contributed by atoms with Crippen LogP contribution in [-0.2, 0) is 10.2 Å². The van der Waals surface area contributed by atoms with Gasteiger partial charge >= 0.3 is 0 Å². The lowest BCUT2D eigenvalue weighted by Gasteiger charge is -2.38. The van der Waals surface area contributed by atoms with Crippen molar-refractivity contribution in [3.8, 4) is 17.2 Å². The molecule has 3 heterocycles. The first-order valence-corrected chi connectivity index (χ1v) is 11.0. The van der Waals surface area contributed by atoms with Crippen LogP contribution >= 0.6 is 0 Å². The van der Waals surface area contributed by atoms with E-state index in [-0.39, 0.29) is 5.91 Å². The predicted molar refractivity (Wildman–Crippen MR) is 128 cm³/mol. The number of benzene rings is 2. The first-order chi connectivity index (χ1) is 16.0. The van der Waals surface area contributed by atoms with E-state index >= 15 is 0 Å². The number of hydrogen-bond donors (Lipinski definition) is 1. The molecule has 33 heavy (non-hydrogen) atoms. The Morgan fingerprint density at radius 1 is 1.09 bits per heavy atom. The number of aromatic nitrogens is 2. The molecule has 8 nitrogen and oxygen atoms in total. The van der Waals surface area contributed by atoms with Crippen molar-refractivity contribution >= 4 is 23.1 Å². The summed E-state index contributed by atoms with van der Waals surface area (Å²) in [6.45, 7) is 1.45. The van der Waals surface area contributed by atoms with Crippen LogP contribution < -0.4 is 24.6 Å². The van der Waals surface area contributed by atoms with E-state index in [9.17, 15) is 4.79 Å². The molecule has 2 aromatic carbocycles. The summed E-state index contributed by atoms with van der Waals surface area (Å²) in [4.78, 5) is 26.0. The summed E-state index contributed by atoms with van der Waals surface area (Å²) in [6, 6.07) is 11.7. The van der Waals surface area contributed by atoms with Crippen molar-refractivity contribution in [2.75, 3.05) is 49.4 Å². The van der Waals surface area contributed by atoms with Gasteiger partial charge in [0.2, 0.25) is 5.91 Å². The SMILES string of the molecule is COc1cc2c(cc1Oc1cccc(N(C)C)c1)NC(=O)C21CCN(c2cnccn2)CC1. The summed E-state index contributed by atoms with van der Waals surface area (Å²) in [5.41, 5.74) is 2.21. The zero-order valence-corrected chi connectivity index (χ0v) is 19.0. The van der Waals surface area contributed by atoms with Gasteiger partial charge < -0.3 is 24.6 Å². The molecule has 1 N–H and O–H groups in total. The van der Waals surface area contributed by atoms with Crippen LogP contribution in [0.15, 0.2) is 55.0 Å². The molecule has 0 aliphatic carbocycles. The van der Waals surface area contributed by atoms with Crippen molar-refractivity contribution in [3.05, 3.63) is 60.6 Å². The minimum atomic E-state index is -0.579. The fourth-order valence-corrected chi connectivity index (χ4v) is 4.68. The highest BCUT2D eigenvalue weighted by Crippen LogP contribution is 2.49. The Bertz CT molecular complexity index is 1170. The molecule has 2 aliphatic rings. The number of fused-ring (bicyclic) bond motifs is 2. The number of carbonyl (C=O) groups is 1. The topological polar surface area (TPSA) is 79.8 Å². The molecular formula is C25H27N5O3. The first-order valence-electron chi connectivity index (χ1n) is 11.0. The summed E-state index contributed by atoms with van der Waals surface area (Å²) >= 11 is 0. The minimum absolute atomic E-state index is 0.0325. The molecule has 3 aromatic rings. The third-order valence-electron chi connectivity index (χ3n) is 6.55. The average Bonchev–Trinajstić information content (AvgIpc) is 3.09. The molecule has 5 rings (SSSR count). The van der Waals surface area contributed by atoms with Crippen molar-refractivity contribution in [1.82, 2.24) is 9.97 Å². The maximum Gasteiger partial charge on any atom is 0.235 e. The predicted octanol–water partition coefficient (Wildman–Crippen LogP) is 3.83. The van der Waals surface area contributed by atoms with Gasteiger partial charge in [-0.05, 0) is 36.6 Å². The van der Waals surface area contributed by atoms with E-state index in [4.69, 9.17) is 9.47 Å². The van der Waals surface area contributed by atoms with E-state index in [1.807, 2.05) is 55.4 Å². The van der Waals surface area contributed by atoms with Gasteiger partial charge in [-0.1, -0.05) is 6.07 Å². The van der Waals surface area contributed by atoms with Crippen LogP contribution in [0.4, 0.5) is 17.2 Å². The van der Waals surface area contributed by atoms with Crippen LogP contribution in [0.3, 0.4) is 0 Å². The molecule has 1 fully saturated rings. The second-order valence-electron chi connectivity index (χ2n) is 8.63. The van der Waals surface area contributed by atoms with Crippen LogP contribution in [-0.4, -0.2) is 50.2 Å². The molecule has 170 valence electrons. The van der Waals surface area contributed by atoms with E-state index in [1.165, 1.54) is 0 Å². The summed E-state index contributed by atoms with van der Waals surface area (Å²) in [5, 5.41) is 3.09. The molecule has 0 saturated carbocycles. The smallest absolute Gasteiger partial charge is 0.235 e. The lowest BCUT2D eigenvalue weighted by molar-refractivity contribution is -0.121. The van der Waals surface area contributed by atoms with Gasteiger partial charge in [0, 0.05) is 63.1 Å². The lowest BCUT2D eigenvalue weighted by Crippen LogP contribution is -2.46. The minimum Gasteiger partial charge on any atom is -0.493 e. The average molecular weight is 446 g/mol. The number of methoxy groups -OCH3 is 1. The molecule has 0 atom stereocenters. The standard InChI is InChI=1S/C25H27N5O3/c1-29(2)17-5-4-6-18(13-17)33-22-15-20-19(14-21(22)32-3)25(24(31)28-20)7-11-30(12-8-25)23-16-26-9-10-27-23/h4-6,9-10,13-16H,7-8,11-12H2,1-3H3,(H,28,31). The van der Waals surface area contributed by atoms with Gasteiger partial charge in [-0.25, -0.2) is 4.98 Å². The van der Waals surface area contributed by atoms with Crippen molar-refractivity contribution in [2.45, 2.75) is 18.3 Å². The fraction of sp³-hybridized carbons (Fsp3) is 0.320. The van der Waals surface area contributed by atoms with Crippen LogP contribution in [0.1, 0.15) is 18.4 Å². The second-order valence-corrected chi connectivity index (χ2v) is 8.63. The molecule has 0 unspecified atom stereocenters. The molecule has 1 aromatic heterocycles. The third-order valence-corrected chi connectivity index (χ3v) is 6.55. The zero-order valence-electron chi connectivity index (χ0n) is 19.0. The normalized spacial score (nSPS) is 16.3. The molecule has 0 bridgehead atoms. The maximum absolute atomic E-state index is 13.2. The van der Waals surface area contributed by atoms with Crippen molar-refractivity contribution in [3.63, 3.8) is 0 Å². The largest absolute Gasteiger partial charge is 0.493 e. The summed E-state index contributed by atoms with van der Waals surface area (Å²) in [6.07, 6.45) is 6.50. The van der Waals surface area contributed by atoms with Crippen molar-refractivity contribution < 1.29 is 14.3 Å². The lowest BCUT2D eigenvalue weighted by atomic mass is 9.73. The zero-order chi connectivity index (χ0) is 23.0. The molecule has 1 amide bonds. The Morgan fingerprint density at radius 3 is 2.61 bits per heavy atom. The highest BCUT2D eigenvalue weighted by Gasteiger charge is 2.49. The Morgan fingerprint density at radius 2 is 1.91 bits per heavy atom. The van der Waals surface area contributed by atoms with E-state index in [2.05, 4.69) is 20.2 Å². The highest BCUT2D eigenvalue weighted by atomic mass is 16.5.